The first-order valence-corrected chi connectivity index (χ1v) is 12.3. The van der Waals surface area contributed by atoms with Crippen LogP contribution < -0.4 is 11.5 Å². The quantitative estimate of drug-likeness (QED) is 0.382. The average Bonchev–Trinajstić information content (AvgIpc) is 2.78. The highest BCUT2D eigenvalue weighted by molar-refractivity contribution is 9.10. The van der Waals surface area contributed by atoms with Crippen LogP contribution in [0.4, 0.5) is 0 Å². The lowest BCUT2D eigenvalue weighted by Gasteiger charge is -2.02. The van der Waals surface area contributed by atoms with Crippen molar-refractivity contribution >= 4 is 31.9 Å². The van der Waals surface area contributed by atoms with Gasteiger partial charge in [0.25, 0.3) is 0 Å². The Morgan fingerprint density at radius 1 is 0.562 bits per heavy atom. The lowest BCUT2D eigenvalue weighted by atomic mass is 10.1. The molecule has 32 heavy (non-hydrogen) atoms. The van der Waals surface area contributed by atoms with Gasteiger partial charge in [0.15, 0.2) is 0 Å². The molecular formula is C28H26Br2N2. The maximum absolute atomic E-state index is 5.64. The molecular weight excluding hydrogens is 524 g/mol. The highest BCUT2D eigenvalue weighted by Crippen LogP contribution is 2.18. The second kappa shape index (κ2) is 12.6. The minimum Gasteiger partial charge on any atom is -0.330 e. The first-order chi connectivity index (χ1) is 15.6. The third kappa shape index (κ3) is 7.97. The fourth-order valence-corrected chi connectivity index (χ4v) is 4.39. The molecule has 3 aromatic carbocycles. The summed E-state index contributed by atoms with van der Waals surface area (Å²) in [6.45, 7) is 1.38. The lowest BCUT2D eigenvalue weighted by molar-refractivity contribution is 0.832. The first-order valence-electron chi connectivity index (χ1n) is 10.7. The largest absolute Gasteiger partial charge is 0.330 e. The van der Waals surface area contributed by atoms with Gasteiger partial charge in [-0.3, -0.25) is 0 Å². The fraction of sp³-hybridized carbons (Fsp3) is 0.214. The topological polar surface area (TPSA) is 52.0 Å². The van der Waals surface area contributed by atoms with Crippen molar-refractivity contribution in [3.63, 3.8) is 0 Å². The third-order valence-electron chi connectivity index (χ3n) is 4.82. The monoisotopic (exact) mass is 548 g/mol. The number of rotatable bonds is 6. The van der Waals surface area contributed by atoms with E-state index in [9.17, 15) is 0 Å². The van der Waals surface area contributed by atoms with Crippen molar-refractivity contribution in [3.05, 3.63) is 103 Å². The Labute approximate surface area is 208 Å². The van der Waals surface area contributed by atoms with Crippen LogP contribution in [0.3, 0.4) is 0 Å². The van der Waals surface area contributed by atoms with Crippen LogP contribution in [0.2, 0.25) is 0 Å². The summed E-state index contributed by atoms with van der Waals surface area (Å²) in [5.74, 6) is 13.1. The van der Waals surface area contributed by atoms with Crippen molar-refractivity contribution in [3.8, 4) is 23.7 Å². The Morgan fingerprint density at radius 3 is 1.44 bits per heavy atom. The number of nitrogens with two attached hydrogens (primary N) is 2. The first kappa shape index (κ1) is 24.3. The van der Waals surface area contributed by atoms with Gasteiger partial charge >= 0.3 is 0 Å². The van der Waals surface area contributed by atoms with Gasteiger partial charge in [-0.05, 0) is 104 Å². The van der Waals surface area contributed by atoms with Gasteiger partial charge in [-0.15, -0.1) is 0 Å². The summed E-state index contributed by atoms with van der Waals surface area (Å²) < 4.78 is 2.08. The SMILES string of the molecule is NCCCc1cc(Br)cc(C#Cc2cccc(C#Cc3cc(Br)cc(CCCN)c3)c2)c1. The normalized spacial score (nSPS) is 10.1. The van der Waals surface area contributed by atoms with Crippen LogP contribution in [0.25, 0.3) is 0 Å². The van der Waals surface area contributed by atoms with Gasteiger partial charge in [-0.2, -0.15) is 0 Å². The lowest BCUT2D eigenvalue weighted by Crippen LogP contribution is -2.00. The summed E-state index contributed by atoms with van der Waals surface area (Å²) >= 11 is 7.17. The predicted octanol–water partition coefficient (Wildman–Crippen LogP) is 5.79. The van der Waals surface area contributed by atoms with Gasteiger partial charge < -0.3 is 11.5 Å². The molecule has 0 heterocycles. The molecule has 0 aliphatic rings. The van der Waals surface area contributed by atoms with Crippen molar-refractivity contribution in [2.45, 2.75) is 25.7 Å². The Kier molecular flexibility index (Phi) is 9.60. The minimum atomic E-state index is 0.691. The van der Waals surface area contributed by atoms with E-state index in [1.807, 2.05) is 36.4 Å². The van der Waals surface area contributed by atoms with E-state index in [-0.39, 0.29) is 0 Å². The molecule has 0 bridgehead atoms. The average molecular weight is 550 g/mol. The van der Waals surface area contributed by atoms with Crippen LogP contribution in [-0.2, 0) is 12.8 Å². The molecule has 0 spiro atoms. The Bertz CT molecular complexity index is 1100. The second-order valence-corrected chi connectivity index (χ2v) is 9.39. The smallest absolute Gasteiger partial charge is 0.0262 e. The summed E-state index contributed by atoms with van der Waals surface area (Å²) in [6.07, 6.45) is 3.85. The second-order valence-electron chi connectivity index (χ2n) is 7.56. The molecule has 0 saturated carbocycles. The van der Waals surface area contributed by atoms with Crippen LogP contribution in [0, 0.1) is 23.7 Å². The van der Waals surface area contributed by atoms with Gasteiger partial charge in [0.05, 0.1) is 0 Å². The van der Waals surface area contributed by atoms with Crippen molar-refractivity contribution in [2.24, 2.45) is 11.5 Å². The van der Waals surface area contributed by atoms with E-state index in [2.05, 4.69) is 79.8 Å². The van der Waals surface area contributed by atoms with Crippen LogP contribution in [-0.4, -0.2) is 13.1 Å². The van der Waals surface area contributed by atoms with Crippen LogP contribution in [0.1, 0.15) is 46.2 Å². The Hall–Kier alpha value is -2.34. The summed E-state index contributed by atoms with van der Waals surface area (Å²) in [6, 6.07) is 20.6. The van der Waals surface area contributed by atoms with Gasteiger partial charge in [-0.25, -0.2) is 0 Å². The summed E-state index contributed by atoms with van der Waals surface area (Å²) in [7, 11) is 0. The molecule has 0 amide bonds. The highest BCUT2D eigenvalue weighted by atomic mass is 79.9. The molecule has 0 aliphatic carbocycles. The van der Waals surface area contributed by atoms with E-state index in [0.717, 1.165) is 56.9 Å². The number of hydrogen-bond donors (Lipinski definition) is 2. The number of aryl methyl sites for hydroxylation is 2. The van der Waals surface area contributed by atoms with E-state index in [0.29, 0.717) is 13.1 Å². The zero-order chi connectivity index (χ0) is 22.8. The molecule has 162 valence electrons. The van der Waals surface area contributed by atoms with E-state index in [4.69, 9.17) is 11.5 Å². The summed E-state index contributed by atoms with van der Waals surface area (Å²) in [4.78, 5) is 0. The maximum atomic E-state index is 5.64. The summed E-state index contributed by atoms with van der Waals surface area (Å²) in [5.41, 5.74) is 17.6. The molecule has 0 radical (unpaired) electrons. The molecule has 0 fully saturated rings. The summed E-state index contributed by atoms with van der Waals surface area (Å²) in [5, 5.41) is 0. The molecule has 0 atom stereocenters. The van der Waals surface area contributed by atoms with Crippen molar-refractivity contribution < 1.29 is 0 Å². The molecule has 0 aliphatic heterocycles. The Morgan fingerprint density at radius 2 is 1.00 bits per heavy atom. The van der Waals surface area contributed by atoms with Crippen molar-refractivity contribution in [1.29, 1.82) is 0 Å². The van der Waals surface area contributed by atoms with E-state index < -0.39 is 0 Å². The van der Waals surface area contributed by atoms with Gasteiger partial charge in [-0.1, -0.05) is 61.6 Å². The van der Waals surface area contributed by atoms with Gasteiger partial charge in [0, 0.05) is 31.2 Å². The van der Waals surface area contributed by atoms with Crippen molar-refractivity contribution in [2.75, 3.05) is 13.1 Å². The molecule has 0 aromatic heterocycles. The number of halogens is 2. The zero-order valence-electron chi connectivity index (χ0n) is 17.9. The molecule has 0 saturated heterocycles. The fourth-order valence-electron chi connectivity index (χ4n) is 3.31. The van der Waals surface area contributed by atoms with Crippen molar-refractivity contribution in [1.82, 2.24) is 0 Å². The van der Waals surface area contributed by atoms with Gasteiger partial charge in [0.2, 0.25) is 0 Å². The molecule has 3 aromatic rings. The van der Waals surface area contributed by atoms with E-state index in [1.165, 1.54) is 11.1 Å². The highest BCUT2D eigenvalue weighted by Gasteiger charge is 2.00. The van der Waals surface area contributed by atoms with E-state index >= 15 is 0 Å². The maximum Gasteiger partial charge on any atom is 0.0262 e. The zero-order valence-corrected chi connectivity index (χ0v) is 21.1. The molecule has 2 nitrogen and oxygen atoms in total. The molecule has 4 heteroatoms. The van der Waals surface area contributed by atoms with Crippen LogP contribution >= 0.6 is 31.9 Å². The minimum absolute atomic E-state index is 0.691. The third-order valence-corrected chi connectivity index (χ3v) is 5.73. The predicted molar refractivity (Wildman–Crippen MR) is 141 cm³/mol. The van der Waals surface area contributed by atoms with E-state index in [1.54, 1.807) is 0 Å². The molecule has 0 unspecified atom stereocenters. The standard InChI is InChI=1S/C28H26Br2N2/c29-27-17-23(6-2-12-31)15-25(19-27)10-8-21-4-1-5-22(14-21)9-11-26-16-24(7-3-13-32)18-28(30)20-26/h1,4-5,14-20H,2-3,6-7,12-13,31-32H2. The number of hydrogen-bond acceptors (Lipinski definition) is 2. The number of benzene rings is 3. The van der Waals surface area contributed by atoms with Gasteiger partial charge in [0.1, 0.15) is 0 Å². The van der Waals surface area contributed by atoms with Crippen LogP contribution in [0.5, 0.6) is 0 Å². The molecule has 4 N–H and O–H groups in total. The Balaban J connectivity index is 1.79. The van der Waals surface area contributed by atoms with Crippen LogP contribution in [0.15, 0.2) is 69.6 Å². The molecule has 3 rings (SSSR count).